The van der Waals surface area contributed by atoms with Gasteiger partial charge in [0.25, 0.3) is 0 Å². The Morgan fingerprint density at radius 2 is 1.46 bits per heavy atom. The van der Waals surface area contributed by atoms with Gasteiger partial charge in [0.05, 0.1) is 18.1 Å². The molecule has 0 aromatic heterocycles. The van der Waals surface area contributed by atoms with E-state index in [9.17, 15) is 13.0 Å². The first kappa shape index (κ1) is 30.9. The predicted octanol–water partition coefficient (Wildman–Crippen LogP) is 2.56. The standard InChI is InChI=1S/C26H30N2O6S2.Na/c1-3-5-16-33-22-9-6-20(7-10-22)27-26(35)28-21-8-15-25(32-4-2)19(17-21)18-34-23-11-13-24(14-12-23)36(29,30)31;/h6-15,17H,3-5,16,18H2,1-2H3,(H2,27,28,35)(H,29,30,31);/q;+1/p-1. The zero-order valence-electron chi connectivity index (χ0n) is 21.2. The zero-order valence-corrected chi connectivity index (χ0v) is 24.8. The SMILES string of the molecule is CCCCOc1ccc(NC(=S)Nc2ccc(OCC)c(COc3ccc(S(=O)(=O)[O-])cc3)c2)cc1.[Na+]. The van der Waals surface area contributed by atoms with Crippen molar-refractivity contribution in [3.63, 3.8) is 0 Å². The van der Waals surface area contributed by atoms with E-state index < -0.39 is 10.1 Å². The summed E-state index contributed by atoms with van der Waals surface area (Å²) in [4.78, 5) is -0.310. The molecule has 0 bridgehead atoms. The number of anilines is 2. The summed E-state index contributed by atoms with van der Waals surface area (Å²) >= 11 is 5.46. The van der Waals surface area contributed by atoms with Gasteiger partial charge in [0.2, 0.25) is 0 Å². The minimum absolute atomic E-state index is 0. The summed E-state index contributed by atoms with van der Waals surface area (Å²) in [5, 5.41) is 6.72. The fraction of sp³-hybridized carbons (Fsp3) is 0.269. The fourth-order valence-corrected chi connectivity index (χ4v) is 3.90. The Hall–Kier alpha value is -2.34. The summed E-state index contributed by atoms with van der Waals surface area (Å²) < 4.78 is 50.5. The van der Waals surface area contributed by atoms with Crippen molar-refractivity contribution in [3.8, 4) is 17.2 Å². The van der Waals surface area contributed by atoms with Crippen LogP contribution in [0.25, 0.3) is 0 Å². The van der Waals surface area contributed by atoms with E-state index in [1.165, 1.54) is 24.3 Å². The number of unbranched alkanes of at least 4 members (excludes halogenated alkanes) is 1. The van der Waals surface area contributed by atoms with Crippen LogP contribution in [0.3, 0.4) is 0 Å². The van der Waals surface area contributed by atoms with Crippen molar-refractivity contribution in [2.24, 2.45) is 0 Å². The fourth-order valence-electron chi connectivity index (χ4n) is 3.19. The third kappa shape index (κ3) is 10.1. The van der Waals surface area contributed by atoms with E-state index in [1.54, 1.807) is 0 Å². The Morgan fingerprint density at radius 3 is 2.08 bits per heavy atom. The van der Waals surface area contributed by atoms with E-state index in [-0.39, 0.29) is 41.1 Å². The molecule has 8 nitrogen and oxygen atoms in total. The van der Waals surface area contributed by atoms with Gasteiger partial charge in [0.15, 0.2) is 5.11 Å². The topological polar surface area (TPSA) is 109 Å². The van der Waals surface area contributed by atoms with Gasteiger partial charge < -0.3 is 29.4 Å². The van der Waals surface area contributed by atoms with Crippen molar-refractivity contribution in [3.05, 3.63) is 72.3 Å². The normalized spacial score (nSPS) is 10.7. The first-order valence-electron chi connectivity index (χ1n) is 11.5. The number of hydrogen-bond donors (Lipinski definition) is 2. The Kier molecular flexibility index (Phi) is 12.7. The summed E-state index contributed by atoms with van der Waals surface area (Å²) in [6.45, 7) is 5.34. The molecule has 37 heavy (non-hydrogen) atoms. The molecule has 11 heteroatoms. The third-order valence-electron chi connectivity index (χ3n) is 5.00. The quantitative estimate of drug-likeness (QED) is 0.152. The van der Waals surface area contributed by atoms with Gasteiger partial charge in [-0.1, -0.05) is 13.3 Å². The van der Waals surface area contributed by atoms with Gasteiger partial charge >= 0.3 is 29.6 Å². The molecule has 0 heterocycles. The summed E-state index contributed by atoms with van der Waals surface area (Å²) in [7, 11) is -4.51. The largest absolute Gasteiger partial charge is 1.00 e. The predicted molar refractivity (Wildman–Crippen MR) is 143 cm³/mol. The first-order chi connectivity index (χ1) is 17.3. The number of rotatable bonds is 12. The molecule has 0 amide bonds. The number of ether oxygens (including phenoxy) is 3. The second-order valence-electron chi connectivity index (χ2n) is 7.78. The van der Waals surface area contributed by atoms with E-state index in [4.69, 9.17) is 26.4 Å². The maximum Gasteiger partial charge on any atom is 1.00 e. The molecule has 0 radical (unpaired) electrons. The Bertz CT molecular complexity index is 1250. The summed E-state index contributed by atoms with van der Waals surface area (Å²) in [5.74, 6) is 1.88. The first-order valence-corrected chi connectivity index (χ1v) is 13.4. The maximum atomic E-state index is 11.1. The molecule has 2 N–H and O–H groups in total. The van der Waals surface area contributed by atoms with Crippen LogP contribution < -0.4 is 54.4 Å². The molecule has 3 rings (SSSR count). The van der Waals surface area contributed by atoms with Crippen LogP contribution in [-0.2, 0) is 16.7 Å². The smallest absolute Gasteiger partial charge is 0.744 e. The van der Waals surface area contributed by atoms with Crippen LogP contribution in [0.15, 0.2) is 71.6 Å². The molecular formula is C26H29N2NaO6S2. The van der Waals surface area contributed by atoms with Crippen molar-refractivity contribution >= 4 is 38.8 Å². The van der Waals surface area contributed by atoms with Gasteiger partial charge in [0.1, 0.15) is 34.0 Å². The van der Waals surface area contributed by atoms with Gasteiger partial charge in [-0.3, -0.25) is 0 Å². The zero-order chi connectivity index (χ0) is 26.0. The van der Waals surface area contributed by atoms with Crippen molar-refractivity contribution in [2.45, 2.75) is 38.2 Å². The van der Waals surface area contributed by atoms with Crippen molar-refractivity contribution in [1.29, 1.82) is 0 Å². The molecule has 0 atom stereocenters. The van der Waals surface area contributed by atoms with E-state index in [0.717, 1.165) is 35.5 Å². The number of hydrogen-bond acceptors (Lipinski definition) is 7. The second-order valence-corrected chi connectivity index (χ2v) is 9.56. The molecule has 192 valence electrons. The molecule has 0 saturated carbocycles. The van der Waals surface area contributed by atoms with Gasteiger partial charge in [-0.2, -0.15) is 0 Å². The minimum atomic E-state index is -4.51. The Morgan fingerprint density at radius 1 is 0.865 bits per heavy atom. The molecular weight excluding hydrogens is 523 g/mol. The molecule has 3 aromatic carbocycles. The minimum Gasteiger partial charge on any atom is -0.744 e. The molecule has 0 fully saturated rings. The van der Waals surface area contributed by atoms with Crippen LogP contribution in [0.5, 0.6) is 17.2 Å². The number of nitrogens with one attached hydrogen (secondary N) is 2. The molecule has 0 unspecified atom stereocenters. The van der Waals surface area contributed by atoms with Crippen LogP contribution in [0, 0.1) is 0 Å². The van der Waals surface area contributed by atoms with Crippen molar-refractivity contribution in [1.82, 2.24) is 0 Å². The van der Waals surface area contributed by atoms with Gasteiger partial charge in [-0.25, -0.2) is 8.42 Å². The third-order valence-corrected chi connectivity index (χ3v) is 6.06. The summed E-state index contributed by atoms with van der Waals surface area (Å²) in [6, 6.07) is 18.4. The summed E-state index contributed by atoms with van der Waals surface area (Å²) in [6.07, 6.45) is 2.10. The second kappa shape index (κ2) is 15.2. The van der Waals surface area contributed by atoms with Gasteiger partial charge in [-0.15, -0.1) is 0 Å². The van der Waals surface area contributed by atoms with Crippen LogP contribution in [-0.4, -0.2) is 31.3 Å². The van der Waals surface area contributed by atoms with E-state index >= 15 is 0 Å². The molecule has 3 aromatic rings. The Balaban J connectivity index is 0.00000481. The van der Waals surface area contributed by atoms with Crippen molar-refractivity contribution < 1.29 is 56.7 Å². The van der Waals surface area contributed by atoms with Crippen LogP contribution in [0.4, 0.5) is 11.4 Å². The Labute approximate surface area is 245 Å². The monoisotopic (exact) mass is 552 g/mol. The van der Waals surface area contributed by atoms with Gasteiger partial charge in [0, 0.05) is 16.9 Å². The van der Waals surface area contributed by atoms with Crippen LogP contribution in [0.1, 0.15) is 32.3 Å². The van der Waals surface area contributed by atoms with Crippen LogP contribution >= 0.6 is 12.2 Å². The van der Waals surface area contributed by atoms with Crippen LogP contribution in [0.2, 0.25) is 0 Å². The average molecular weight is 553 g/mol. The van der Waals surface area contributed by atoms with E-state index in [0.29, 0.717) is 29.8 Å². The molecule has 0 aliphatic rings. The van der Waals surface area contributed by atoms with Crippen molar-refractivity contribution in [2.75, 3.05) is 23.8 Å². The number of thiocarbonyl (C=S) groups is 1. The average Bonchev–Trinajstić information content (AvgIpc) is 2.85. The molecule has 0 saturated heterocycles. The molecule has 0 aliphatic heterocycles. The maximum absolute atomic E-state index is 11.1. The van der Waals surface area contributed by atoms with E-state index in [1.807, 2.05) is 49.4 Å². The molecule has 0 spiro atoms. The van der Waals surface area contributed by atoms with Gasteiger partial charge in [-0.05, 0) is 92.3 Å². The van der Waals surface area contributed by atoms with E-state index in [2.05, 4.69) is 17.6 Å². The molecule has 0 aliphatic carbocycles. The summed E-state index contributed by atoms with van der Waals surface area (Å²) in [5.41, 5.74) is 2.33. The number of benzene rings is 3.